The number of hydrogen-bond donors (Lipinski definition) is 1. The molecule has 1 fully saturated rings. The molecule has 184 valence electrons. The molecule has 2 rings (SSSR count). The second-order valence-electron chi connectivity index (χ2n) is 9.69. The van der Waals surface area contributed by atoms with E-state index >= 15 is 0 Å². The first kappa shape index (κ1) is 27.8. The highest BCUT2D eigenvalue weighted by atomic mass is 79.9. The summed E-state index contributed by atoms with van der Waals surface area (Å²) in [5, 5.41) is 3.55. The number of allylic oxidation sites excluding steroid dienone is 6. The number of nitrogens with one attached hydrogen (secondary N) is 1. The zero-order valence-electron chi connectivity index (χ0n) is 21.1. The summed E-state index contributed by atoms with van der Waals surface area (Å²) < 4.78 is 0.767. The molecule has 0 bridgehead atoms. The van der Waals surface area contributed by atoms with Crippen LogP contribution in [-0.2, 0) is 4.79 Å². The molecule has 0 aromatic carbocycles. The molecular weight excluding hydrogens is 474 g/mol. The summed E-state index contributed by atoms with van der Waals surface area (Å²) >= 11 is 3.45. The van der Waals surface area contributed by atoms with Crippen molar-refractivity contribution in [3.8, 4) is 0 Å². The average molecular weight is 519 g/mol. The van der Waals surface area contributed by atoms with E-state index in [0.29, 0.717) is 5.91 Å². The minimum atomic E-state index is 0.0211. The Labute approximate surface area is 210 Å². The third kappa shape index (κ3) is 8.36. The number of halogens is 1. The molecule has 2 aliphatic rings. The summed E-state index contributed by atoms with van der Waals surface area (Å²) in [5.41, 5.74) is 3.21. The molecule has 2 atom stereocenters. The third-order valence-electron chi connectivity index (χ3n) is 7.09. The molecule has 1 amide bonds. The van der Waals surface area contributed by atoms with Crippen molar-refractivity contribution in [2.24, 2.45) is 16.3 Å². The van der Waals surface area contributed by atoms with E-state index in [4.69, 9.17) is 0 Å². The van der Waals surface area contributed by atoms with Gasteiger partial charge in [-0.2, -0.15) is 0 Å². The van der Waals surface area contributed by atoms with Crippen LogP contribution in [0.4, 0.5) is 0 Å². The van der Waals surface area contributed by atoms with Crippen LogP contribution in [0.1, 0.15) is 78.6 Å². The van der Waals surface area contributed by atoms with E-state index in [1.54, 1.807) is 0 Å². The Morgan fingerprint density at radius 1 is 1.27 bits per heavy atom. The lowest BCUT2D eigenvalue weighted by molar-refractivity contribution is -0.138. The number of nitrogens with zero attached hydrogens (tertiary/aromatic N) is 2. The SMILES string of the molecule is C=C(CCCC1(CC)CNC[C@H]1C(=O)N(CCC)CCCC1=CCCC=C1)N=C(Br)C(=C)C. The van der Waals surface area contributed by atoms with E-state index in [1.165, 1.54) is 5.57 Å². The highest BCUT2D eigenvalue weighted by molar-refractivity contribution is 9.18. The molecule has 1 unspecified atom stereocenters. The monoisotopic (exact) mass is 517 g/mol. The van der Waals surface area contributed by atoms with Crippen molar-refractivity contribution in [3.63, 3.8) is 0 Å². The Morgan fingerprint density at radius 2 is 2.06 bits per heavy atom. The Hall–Kier alpha value is -1.46. The predicted molar refractivity (Wildman–Crippen MR) is 146 cm³/mol. The summed E-state index contributed by atoms with van der Waals surface area (Å²) in [6.07, 6.45) is 16.1. The zero-order chi connectivity index (χ0) is 24.3. The number of amides is 1. The first-order valence-corrected chi connectivity index (χ1v) is 13.5. The Morgan fingerprint density at radius 3 is 2.70 bits per heavy atom. The molecule has 1 N–H and O–H groups in total. The predicted octanol–water partition coefficient (Wildman–Crippen LogP) is 6.95. The number of carbonyl (C=O) groups excluding carboxylic acids is 1. The largest absolute Gasteiger partial charge is 0.342 e. The minimum Gasteiger partial charge on any atom is -0.342 e. The number of rotatable bonds is 14. The molecule has 1 aliphatic heterocycles. The van der Waals surface area contributed by atoms with Crippen LogP contribution in [0.2, 0.25) is 0 Å². The topological polar surface area (TPSA) is 44.7 Å². The smallest absolute Gasteiger partial charge is 0.227 e. The lowest BCUT2D eigenvalue weighted by Gasteiger charge is -2.36. The molecule has 5 heteroatoms. The van der Waals surface area contributed by atoms with Crippen LogP contribution in [-0.4, -0.2) is 41.6 Å². The summed E-state index contributed by atoms with van der Waals surface area (Å²) in [4.78, 5) is 20.4. The van der Waals surface area contributed by atoms with Crippen molar-refractivity contribution in [2.45, 2.75) is 78.6 Å². The minimum absolute atomic E-state index is 0.0211. The molecule has 1 aliphatic carbocycles. The van der Waals surface area contributed by atoms with E-state index in [-0.39, 0.29) is 11.3 Å². The van der Waals surface area contributed by atoms with E-state index in [2.05, 4.69) is 76.4 Å². The maximum Gasteiger partial charge on any atom is 0.227 e. The second-order valence-corrected chi connectivity index (χ2v) is 10.4. The maximum atomic E-state index is 13.7. The van der Waals surface area contributed by atoms with Crippen LogP contribution in [0.15, 0.2) is 53.2 Å². The van der Waals surface area contributed by atoms with E-state index in [0.717, 1.165) is 99.9 Å². The van der Waals surface area contributed by atoms with Crippen molar-refractivity contribution in [3.05, 3.63) is 48.2 Å². The van der Waals surface area contributed by atoms with Gasteiger partial charge in [-0.15, -0.1) is 0 Å². The van der Waals surface area contributed by atoms with Gasteiger partial charge in [-0.1, -0.05) is 50.8 Å². The van der Waals surface area contributed by atoms with Gasteiger partial charge >= 0.3 is 0 Å². The van der Waals surface area contributed by atoms with Gasteiger partial charge < -0.3 is 10.2 Å². The third-order valence-corrected chi connectivity index (χ3v) is 7.94. The summed E-state index contributed by atoms with van der Waals surface area (Å²) in [7, 11) is 0. The normalized spacial score (nSPS) is 22.8. The average Bonchev–Trinajstić information content (AvgIpc) is 3.22. The standard InChI is InChI=1S/C28H44BrN3O/c1-6-18-32(19-12-16-24-14-9-8-10-15-24)27(33)25-20-30-21-28(25,7-2)17-11-13-23(5)31-26(29)22(3)4/h9,14-15,25,30H,3,5-8,10-13,16-21H2,1-2,4H3/t25-,28?/m0/s1. The summed E-state index contributed by atoms with van der Waals surface area (Å²) in [5.74, 6) is 0.403. The molecule has 0 aromatic rings. The van der Waals surface area contributed by atoms with Crippen molar-refractivity contribution >= 4 is 26.5 Å². The number of hydrogen-bond acceptors (Lipinski definition) is 3. The lowest BCUT2D eigenvalue weighted by Crippen LogP contribution is -2.44. The van der Waals surface area contributed by atoms with E-state index in [9.17, 15) is 4.79 Å². The Kier molecular flexibility index (Phi) is 11.8. The molecule has 1 saturated heterocycles. The molecule has 33 heavy (non-hydrogen) atoms. The van der Waals surface area contributed by atoms with Gasteiger partial charge in [-0.05, 0) is 91.6 Å². The van der Waals surface area contributed by atoms with Crippen molar-refractivity contribution in [1.29, 1.82) is 0 Å². The van der Waals surface area contributed by atoms with Gasteiger partial charge in [0, 0.05) is 31.9 Å². The van der Waals surface area contributed by atoms with Gasteiger partial charge in [0.05, 0.1) is 5.92 Å². The molecule has 1 heterocycles. The fourth-order valence-electron chi connectivity index (χ4n) is 5.05. The van der Waals surface area contributed by atoms with Gasteiger partial charge in [0.1, 0.15) is 4.62 Å². The highest BCUT2D eigenvalue weighted by Gasteiger charge is 2.46. The highest BCUT2D eigenvalue weighted by Crippen LogP contribution is 2.41. The molecule has 4 nitrogen and oxygen atoms in total. The van der Waals surface area contributed by atoms with Crippen molar-refractivity contribution in [2.75, 3.05) is 26.2 Å². The fourth-order valence-corrected chi connectivity index (χ4v) is 5.30. The van der Waals surface area contributed by atoms with Gasteiger partial charge in [-0.25, -0.2) is 4.99 Å². The fraction of sp³-hybridized carbons (Fsp3) is 0.643. The van der Waals surface area contributed by atoms with E-state index < -0.39 is 0 Å². The van der Waals surface area contributed by atoms with Crippen LogP contribution in [0.3, 0.4) is 0 Å². The maximum absolute atomic E-state index is 13.7. The number of carbonyl (C=O) groups is 1. The summed E-state index contributed by atoms with van der Waals surface area (Å²) in [6, 6.07) is 0. The molecule has 0 spiro atoms. The zero-order valence-corrected chi connectivity index (χ0v) is 22.7. The molecule has 0 radical (unpaired) electrons. The van der Waals surface area contributed by atoms with Crippen LogP contribution in [0.25, 0.3) is 0 Å². The van der Waals surface area contributed by atoms with Crippen LogP contribution in [0.5, 0.6) is 0 Å². The molecule has 0 aromatic heterocycles. The second kappa shape index (κ2) is 14.1. The van der Waals surface area contributed by atoms with E-state index in [1.807, 2.05) is 6.92 Å². The molecular formula is C28H44BrN3O. The van der Waals surface area contributed by atoms with Gasteiger partial charge in [0.2, 0.25) is 5.91 Å². The quantitative estimate of drug-likeness (QED) is 0.253. The lowest BCUT2D eigenvalue weighted by atomic mass is 9.71. The van der Waals surface area contributed by atoms with Gasteiger partial charge in [0.25, 0.3) is 0 Å². The van der Waals surface area contributed by atoms with Crippen molar-refractivity contribution < 1.29 is 4.79 Å². The Bertz CT molecular complexity index is 782. The summed E-state index contributed by atoms with van der Waals surface area (Å²) in [6.45, 7) is 17.8. The molecule has 0 saturated carbocycles. The van der Waals surface area contributed by atoms with Crippen LogP contribution < -0.4 is 5.32 Å². The van der Waals surface area contributed by atoms with Crippen LogP contribution >= 0.6 is 15.9 Å². The number of aliphatic imine (C=N–C) groups is 1. The van der Waals surface area contributed by atoms with Gasteiger partial charge in [0.15, 0.2) is 0 Å². The van der Waals surface area contributed by atoms with Crippen molar-refractivity contribution in [1.82, 2.24) is 10.2 Å². The Balaban J connectivity index is 1.97. The first-order chi connectivity index (χ1) is 15.8. The first-order valence-electron chi connectivity index (χ1n) is 12.8. The van der Waals surface area contributed by atoms with Gasteiger partial charge in [-0.3, -0.25) is 4.79 Å². The van der Waals surface area contributed by atoms with Crippen LogP contribution in [0, 0.1) is 11.3 Å².